The number of amides is 2. The van der Waals surface area contributed by atoms with Gasteiger partial charge in [0.25, 0.3) is 0 Å². The SMILES string of the molecule is CN=C(NCCCN1C(=O)C2C3C=CC(C3)C2C1=O)NCC1CCCN1Cc1ccccc1.I. The summed E-state index contributed by atoms with van der Waals surface area (Å²) < 4.78 is 0. The predicted octanol–water partition coefficient (Wildman–Crippen LogP) is 2.63. The summed E-state index contributed by atoms with van der Waals surface area (Å²) in [5, 5.41) is 6.82. The number of allylic oxidation sites excluding steroid dienone is 2. The topological polar surface area (TPSA) is 77.0 Å². The van der Waals surface area contributed by atoms with Gasteiger partial charge in [-0.15, -0.1) is 24.0 Å². The molecule has 2 heterocycles. The molecule has 5 rings (SSSR count). The van der Waals surface area contributed by atoms with E-state index in [0.29, 0.717) is 19.1 Å². The van der Waals surface area contributed by atoms with Crippen LogP contribution >= 0.6 is 24.0 Å². The number of carbonyl (C=O) groups excluding carboxylic acids is 2. The lowest BCUT2D eigenvalue weighted by Gasteiger charge is -2.25. The van der Waals surface area contributed by atoms with E-state index in [0.717, 1.165) is 38.4 Å². The quantitative estimate of drug-likeness (QED) is 0.124. The summed E-state index contributed by atoms with van der Waals surface area (Å²) in [5.74, 6) is 1.23. The van der Waals surface area contributed by atoms with Crippen LogP contribution in [0.5, 0.6) is 0 Å². The van der Waals surface area contributed by atoms with E-state index in [-0.39, 0.29) is 59.5 Å². The molecular weight excluding hydrogens is 541 g/mol. The standard InChI is InChI=1S/C26H35N5O2.HI/c1-27-26(29-16-21-9-5-13-30(21)17-18-7-3-2-4-8-18)28-12-6-14-31-24(32)22-19-10-11-20(15-19)23(22)25(31)33;/h2-4,7-8,10-11,19-23H,5-6,9,12-17H2,1H3,(H2,27,28,29);1H. The highest BCUT2D eigenvalue weighted by atomic mass is 127. The van der Waals surface area contributed by atoms with Gasteiger partial charge < -0.3 is 10.6 Å². The fourth-order valence-corrected chi connectivity index (χ4v) is 6.22. The van der Waals surface area contributed by atoms with Crippen molar-refractivity contribution in [2.45, 2.75) is 38.3 Å². The number of rotatable bonds is 8. The first-order valence-corrected chi connectivity index (χ1v) is 12.4. The highest BCUT2D eigenvalue weighted by Gasteiger charge is 2.58. The molecule has 8 heteroatoms. The number of benzene rings is 1. The van der Waals surface area contributed by atoms with Crippen LogP contribution in [0, 0.1) is 23.7 Å². The van der Waals surface area contributed by atoms with E-state index in [4.69, 9.17) is 0 Å². The Morgan fingerprint density at radius 1 is 1.06 bits per heavy atom. The van der Waals surface area contributed by atoms with Gasteiger partial charge in [-0.25, -0.2) is 0 Å². The summed E-state index contributed by atoms with van der Waals surface area (Å²) in [7, 11) is 1.78. The summed E-state index contributed by atoms with van der Waals surface area (Å²) >= 11 is 0. The van der Waals surface area contributed by atoms with Crippen LogP contribution in [-0.4, -0.2) is 66.8 Å². The zero-order valence-corrected chi connectivity index (χ0v) is 22.2. The average Bonchev–Trinajstić information content (AvgIpc) is 3.60. The first-order chi connectivity index (χ1) is 16.2. The Balaban J connectivity index is 0.00000274. The molecule has 7 nitrogen and oxygen atoms in total. The Morgan fingerprint density at radius 3 is 2.44 bits per heavy atom. The summed E-state index contributed by atoms with van der Waals surface area (Å²) in [6.45, 7) is 4.13. The van der Waals surface area contributed by atoms with Crippen molar-refractivity contribution >= 4 is 41.8 Å². The van der Waals surface area contributed by atoms with Crippen molar-refractivity contribution in [1.29, 1.82) is 0 Å². The summed E-state index contributed by atoms with van der Waals surface area (Å²) in [4.78, 5) is 34.0. The molecule has 3 fully saturated rings. The summed E-state index contributed by atoms with van der Waals surface area (Å²) in [6.07, 6.45) is 8.40. The fourth-order valence-electron chi connectivity index (χ4n) is 6.22. The van der Waals surface area contributed by atoms with Gasteiger partial charge in [-0.2, -0.15) is 0 Å². The highest BCUT2D eigenvalue weighted by Crippen LogP contribution is 2.52. The Kier molecular flexibility index (Phi) is 8.29. The maximum absolute atomic E-state index is 12.8. The molecule has 2 aliphatic carbocycles. The minimum Gasteiger partial charge on any atom is -0.356 e. The number of guanidine groups is 1. The molecule has 0 radical (unpaired) electrons. The molecule has 1 aromatic carbocycles. The maximum Gasteiger partial charge on any atom is 0.233 e. The van der Waals surface area contributed by atoms with Gasteiger partial charge in [-0.1, -0.05) is 42.5 Å². The van der Waals surface area contributed by atoms with Crippen molar-refractivity contribution in [3.8, 4) is 0 Å². The molecule has 2 amide bonds. The minimum absolute atomic E-state index is 0. The Bertz CT molecular complexity index is 906. The number of nitrogens with one attached hydrogen (secondary N) is 2. The van der Waals surface area contributed by atoms with Crippen LogP contribution in [0.4, 0.5) is 0 Å². The molecule has 2 aliphatic heterocycles. The minimum atomic E-state index is -0.0971. The molecule has 1 saturated carbocycles. The van der Waals surface area contributed by atoms with Crippen LogP contribution < -0.4 is 10.6 Å². The van der Waals surface area contributed by atoms with Gasteiger partial charge >= 0.3 is 0 Å². The number of likely N-dealkylation sites (tertiary alicyclic amines) is 2. The van der Waals surface area contributed by atoms with Crippen LogP contribution in [0.15, 0.2) is 47.5 Å². The third kappa shape index (κ3) is 5.03. The lowest BCUT2D eigenvalue weighted by atomic mass is 9.85. The first kappa shape index (κ1) is 25.2. The normalized spacial score (nSPS) is 30.1. The van der Waals surface area contributed by atoms with E-state index in [1.54, 1.807) is 7.05 Å². The fraction of sp³-hybridized carbons (Fsp3) is 0.577. The first-order valence-electron chi connectivity index (χ1n) is 12.4. The largest absolute Gasteiger partial charge is 0.356 e. The van der Waals surface area contributed by atoms with Crippen molar-refractivity contribution < 1.29 is 9.59 Å². The molecule has 2 bridgehead atoms. The molecule has 2 N–H and O–H groups in total. The lowest BCUT2D eigenvalue weighted by molar-refractivity contribution is -0.140. The second kappa shape index (κ2) is 11.2. The molecule has 4 aliphatic rings. The third-order valence-electron chi connectivity index (χ3n) is 7.87. The number of imide groups is 1. The number of carbonyl (C=O) groups is 2. The summed E-state index contributed by atoms with van der Waals surface area (Å²) in [6, 6.07) is 11.1. The van der Waals surface area contributed by atoms with E-state index in [9.17, 15) is 9.59 Å². The van der Waals surface area contributed by atoms with Crippen LogP contribution in [0.25, 0.3) is 0 Å². The van der Waals surface area contributed by atoms with Crippen molar-refractivity contribution in [2.75, 3.05) is 33.2 Å². The van der Waals surface area contributed by atoms with E-state index in [1.807, 2.05) is 0 Å². The number of fused-ring (bicyclic) bond motifs is 5. The molecule has 184 valence electrons. The van der Waals surface area contributed by atoms with E-state index < -0.39 is 0 Å². The molecule has 5 atom stereocenters. The van der Waals surface area contributed by atoms with Gasteiger partial charge in [0, 0.05) is 39.3 Å². The van der Waals surface area contributed by atoms with Crippen molar-refractivity contribution in [3.05, 3.63) is 48.0 Å². The maximum atomic E-state index is 12.8. The number of aliphatic imine (C=N–C) groups is 1. The van der Waals surface area contributed by atoms with E-state index in [2.05, 4.69) is 63.0 Å². The van der Waals surface area contributed by atoms with Crippen LogP contribution in [0.2, 0.25) is 0 Å². The van der Waals surface area contributed by atoms with Gasteiger partial charge in [0.2, 0.25) is 11.8 Å². The average molecular weight is 578 g/mol. The van der Waals surface area contributed by atoms with Crippen molar-refractivity contribution in [2.24, 2.45) is 28.7 Å². The number of hydrogen-bond acceptors (Lipinski definition) is 4. The van der Waals surface area contributed by atoms with Crippen LogP contribution in [-0.2, 0) is 16.1 Å². The van der Waals surface area contributed by atoms with Gasteiger partial charge in [0.15, 0.2) is 5.96 Å². The molecule has 0 spiro atoms. The van der Waals surface area contributed by atoms with Crippen molar-refractivity contribution in [3.63, 3.8) is 0 Å². The van der Waals surface area contributed by atoms with Gasteiger partial charge in [0.05, 0.1) is 11.8 Å². The molecule has 1 aromatic rings. The van der Waals surface area contributed by atoms with Crippen LogP contribution in [0.3, 0.4) is 0 Å². The third-order valence-corrected chi connectivity index (χ3v) is 7.87. The molecular formula is C26H36IN5O2. The zero-order chi connectivity index (χ0) is 22.8. The molecule has 2 saturated heterocycles. The van der Waals surface area contributed by atoms with Gasteiger partial charge in [-0.05, 0) is 49.6 Å². The van der Waals surface area contributed by atoms with E-state index in [1.165, 1.54) is 23.3 Å². The molecule has 34 heavy (non-hydrogen) atoms. The van der Waals surface area contributed by atoms with Crippen LogP contribution in [0.1, 0.15) is 31.2 Å². The predicted molar refractivity (Wildman–Crippen MR) is 144 cm³/mol. The van der Waals surface area contributed by atoms with Gasteiger partial charge in [0.1, 0.15) is 0 Å². The smallest absolute Gasteiger partial charge is 0.233 e. The monoisotopic (exact) mass is 577 g/mol. The van der Waals surface area contributed by atoms with Gasteiger partial charge in [-0.3, -0.25) is 24.4 Å². The Morgan fingerprint density at radius 2 is 1.76 bits per heavy atom. The van der Waals surface area contributed by atoms with Crippen molar-refractivity contribution in [1.82, 2.24) is 20.4 Å². The Labute approximate surface area is 219 Å². The second-order valence-corrected chi connectivity index (χ2v) is 9.81. The number of nitrogens with zero attached hydrogens (tertiary/aromatic N) is 3. The lowest BCUT2D eigenvalue weighted by Crippen LogP contribution is -2.45. The second-order valence-electron chi connectivity index (χ2n) is 9.81. The van der Waals surface area contributed by atoms with E-state index >= 15 is 0 Å². The molecule has 5 unspecified atom stereocenters. The molecule has 0 aromatic heterocycles. The number of halogens is 1. The summed E-state index contributed by atoms with van der Waals surface area (Å²) in [5.41, 5.74) is 1.35. The zero-order valence-electron chi connectivity index (χ0n) is 19.9. The Hall–Kier alpha value is -1.94. The number of hydrogen-bond donors (Lipinski definition) is 2. The highest BCUT2D eigenvalue weighted by molar-refractivity contribution is 14.0.